The molecule has 0 spiro atoms. The summed E-state index contributed by atoms with van der Waals surface area (Å²) >= 11 is 1.06. The van der Waals surface area contributed by atoms with Crippen LogP contribution in [0.15, 0.2) is 18.2 Å². The molecule has 7 heteroatoms. The Kier molecular flexibility index (Phi) is 2.75. The zero-order valence-electron chi connectivity index (χ0n) is 10.1. The lowest BCUT2D eigenvalue weighted by atomic mass is 10.1. The largest absolute Gasteiger partial charge is 0.326 e. The summed E-state index contributed by atoms with van der Waals surface area (Å²) in [6, 6.07) is 5.34. The van der Waals surface area contributed by atoms with E-state index in [9.17, 15) is 9.59 Å². The number of aromatic nitrogens is 2. The smallest absolute Gasteiger partial charge is 0.269 e. The van der Waals surface area contributed by atoms with Gasteiger partial charge < -0.3 is 10.6 Å². The van der Waals surface area contributed by atoms with Crippen LogP contribution in [0.1, 0.15) is 20.9 Å². The predicted octanol–water partition coefficient (Wildman–Crippen LogP) is 1.59. The molecule has 0 atom stereocenters. The zero-order chi connectivity index (χ0) is 13.4. The molecule has 96 valence electrons. The average Bonchev–Trinajstić information content (AvgIpc) is 2.93. The van der Waals surface area contributed by atoms with Crippen LogP contribution in [0.2, 0.25) is 0 Å². The predicted molar refractivity (Wildman–Crippen MR) is 71.4 cm³/mol. The highest BCUT2D eigenvalue weighted by molar-refractivity contribution is 7.08. The van der Waals surface area contributed by atoms with Crippen molar-refractivity contribution in [3.8, 4) is 0 Å². The van der Waals surface area contributed by atoms with Crippen molar-refractivity contribution in [2.75, 3.05) is 10.6 Å². The second kappa shape index (κ2) is 4.43. The van der Waals surface area contributed by atoms with Crippen molar-refractivity contribution in [3.63, 3.8) is 0 Å². The van der Waals surface area contributed by atoms with Crippen LogP contribution >= 0.6 is 11.5 Å². The van der Waals surface area contributed by atoms with Gasteiger partial charge in [0.25, 0.3) is 5.91 Å². The number of nitrogens with zero attached hydrogens (tertiary/aromatic N) is 2. The van der Waals surface area contributed by atoms with E-state index in [1.165, 1.54) is 0 Å². The Morgan fingerprint density at radius 2 is 2.32 bits per heavy atom. The monoisotopic (exact) mass is 274 g/mol. The molecule has 1 aliphatic rings. The van der Waals surface area contributed by atoms with Crippen LogP contribution in [0.4, 0.5) is 11.4 Å². The van der Waals surface area contributed by atoms with Gasteiger partial charge in [0.1, 0.15) is 4.88 Å². The summed E-state index contributed by atoms with van der Waals surface area (Å²) < 4.78 is 3.73. The first-order chi connectivity index (χ1) is 9.13. The topological polar surface area (TPSA) is 84.0 Å². The van der Waals surface area contributed by atoms with Crippen molar-refractivity contribution in [2.45, 2.75) is 13.3 Å². The van der Waals surface area contributed by atoms with Crippen LogP contribution in [-0.2, 0) is 11.2 Å². The fourth-order valence-electron chi connectivity index (χ4n) is 1.93. The van der Waals surface area contributed by atoms with Crippen molar-refractivity contribution in [3.05, 3.63) is 34.3 Å². The number of carbonyl (C=O) groups excluding carboxylic acids is 2. The summed E-state index contributed by atoms with van der Waals surface area (Å²) in [5, 5.41) is 9.33. The van der Waals surface area contributed by atoms with E-state index < -0.39 is 0 Å². The van der Waals surface area contributed by atoms with E-state index in [2.05, 4.69) is 20.2 Å². The minimum atomic E-state index is -0.232. The second-order valence-corrected chi connectivity index (χ2v) is 4.99. The first-order valence-corrected chi connectivity index (χ1v) is 6.44. The third-order valence-electron chi connectivity index (χ3n) is 2.85. The Balaban J connectivity index is 1.82. The maximum atomic E-state index is 12.0. The van der Waals surface area contributed by atoms with Crippen LogP contribution in [0.25, 0.3) is 0 Å². The van der Waals surface area contributed by atoms with Gasteiger partial charge in [-0.05, 0) is 42.2 Å². The molecule has 19 heavy (non-hydrogen) atoms. The standard InChI is InChI=1S/C12H10N4O2S/c1-6-11(19-16-15-6)12(18)13-8-2-3-9-7(4-8)5-10(17)14-9/h2-4H,5H2,1H3,(H,13,18)(H,14,17). The molecule has 6 nitrogen and oxygen atoms in total. The number of hydrogen-bond donors (Lipinski definition) is 2. The SMILES string of the molecule is Cc1nnsc1C(=O)Nc1ccc2c(c1)CC(=O)N2. The first kappa shape index (κ1) is 11.8. The fraction of sp³-hybridized carbons (Fsp3) is 0.167. The van der Waals surface area contributed by atoms with Crippen LogP contribution in [0.5, 0.6) is 0 Å². The van der Waals surface area contributed by atoms with Crippen LogP contribution < -0.4 is 10.6 Å². The number of nitrogens with one attached hydrogen (secondary N) is 2. The first-order valence-electron chi connectivity index (χ1n) is 5.66. The third kappa shape index (κ3) is 2.19. The molecule has 0 saturated carbocycles. The number of fused-ring (bicyclic) bond motifs is 1. The zero-order valence-corrected chi connectivity index (χ0v) is 10.9. The molecular weight excluding hydrogens is 264 g/mol. The van der Waals surface area contributed by atoms with Gasteiger partial charge in [-0.3, -0.25) is 9.59 Å². The molecule has 0 unspecified atom stereocenters. The van der Waals surface area contributed by atoms with E-state index in [1.807, 2.05) is 0 Å². The van der Waals surface area contributed by atoms with Gasteiger partial charge in [-0.15, -0.1) is 5.10 Å². The van der Waals surface area contributed by atoms with Gasteiger partial charge in [0.2, 0.25) is 5.91 Å². The highest BCUT2D eigenvalue weighted by atomic mass is 32.1. The maximum absolute atomic E-state index is 12.0. The Bertz CT molecular complexity index is 680. The van der Waals surface area contributed by atoms with E-state index in [0.29, 0.717) is 22.7 Å². The molecule has 2 amide bonds. The summed E-state index contributed by atoms with van der Waals surface area (Å²) in [5.41, 5.74) is 2.97. The van der Waals surface area contributed by atoms with Gasteiger partial charge in [-0.2, -0.15) is 0 Å². The van der Waals surface area contributed by atoms with E-state index in [0.717, 1.165) is 22.8 Å². The molecule has 2 N–H and O–H groups in total. The number of anilines is 2. The number of benzene rings is 1. The quantitative estimate of drug-likeness (QED) is 0.871. The van der Waals surface area contributed by atoms with E-state index >= 15 is 0 Å². The molecule has 3 rings (SSSR count). The summed E-state index contributed by atoms with van der Waals surface area (Å²) in [4.78, 5) is 23.7. The lowest BCUT2D eigenvalue weighted by molar-refractivity contribution is -0.115. The van der Waals surface area contributed by atoms with Crippen molar-refractivity contribution >= 4 is 34.7 Å². The van der Waals surface area contributed by atoms with E-state index in [4.69, 9.17) is 0 Å². The van der Waals surface area contributed by atoms with Crippen molar-refractivity contribution < 1.29 is 9.59 Å². The Labute approximate surface area is 113 Å². The van der Waals surface area contributed by atoms with Crippen LogP contribution in [-0.4, -0.2) is 21.4 Å². The summed E-state index contributed by atoms with van der Waals surface area (Å²) in [5.74, 6) is -0.259. The number of rotatable bonds is 2. The molecule has 0 fully saturated rings. The molecule has 0 saturated heterocycles. The Hall–Kier alpha value is -2.28. The van der Waals surface area contributed by atoms with Crippen LogP contribution in [0.3, 0.4) is 0 Å². The number of aryl methyl sites for hydroxylation is 1. The molecule has 0 aliphatic carbocycles. The highest BCUT2D eigenvalue weighted by Crippen LogP contribution is 2.26. The minimum absolute atomic E-state index is 0.0269. The van der Waals surface area contributed by atoms with Gasteiger partial charge in [-0.25, -0.2) is 0 Å². The molecule has 1 aromatic heterocycles. The maximum Gasteiger partial charge on any atom is 0.269 e. The number of hydrogen-bond acceptors (Lipinski definition) is 5. The van der Waals surface area contributed by atoms with Crippen molar-refractivity contribution in [2.24, 2.45) is 0 Å². The third-order valence-corrected chi connectivity index (χ3v) is 3.67. The lowest BCUT2D eigenvalue weighted by Gasteiger charge is -2.05. The van der Waals surface area contributed by atoms with Gasteiger partial charge in [0, 0.05) is 11.4 Å². The number of amides is 2. The molecule has 2 aromatic rings. The Morgan fingerprint density at radius 1 is 1.47 bits per heavy atom. The molecule has 0 bridgehead atoms. The summed E-state index contributed by atoms with van der Waals surface area (Å²) in [6.07, 6.45) is 0.347. The van der Waals surface area contributed by atoms with Gasteiger partial charge in [0.15, 0.2) is 0 Å². The van der Waals surface area contributed by atoms with Crippen molar-refractivity contribution in [1.82, 2.24) is 9.59 Å². The molecule has 2 heterocycles. The normalized spacial score (nSPS) is 13.0. The summed E-state index contributed by atoms with van der Waals surface area (Å²) in [6.45, 7) is 1.74. The molecule has 1 aromatic carbocycles. The fourth-order valence-corrected chi connectivity index (χ4v) is 2.49. The molecular formula is C12H10N4O2S. The van der Waals surface area contributed by atoms with Crippen LogP contribution in [0, 0.1) is 6.92 Å². The van der Waals surface area contributed by atoms with Gasteiger partial charge >= 0.3 is 0 Å². The lowest BCUT2D eigenvalue weighted by Crippen LogP contribution is -2.11. The average molecular weight is 274 g/mol. The van der Waals surface area contributed by atoms with E-state index in [1.54, 1.807) is 25.1 Å². The molecule has 1 aliphatic heterocycles. The Morgan fingerprint density at radius 3 is 3.05 bits per heavy atom. The number of carbonyl (C=O) groups is 2. The van der Waals surface area contributed by atoms with Crippen molar-refractivity contribution in [1.29, 1.82) is 0 Å². The molecule has 0 radical (unpaired) electrons. The van der Waals surface area contributed by atoms with E-state index in [-0.39, 0.29) is 11.8 Å². The van der Waals surface area contributed by atoms with Gasteiger partial charge in [0.05, 0.1) is 12.1 Å². The van der Waals surface area contributed by atoms with Gasteiger partial charge in [-0.1, -0.05) is 4.49 Å². The highest BCUT2D eigenvalue weighted by Gasteiger charge is 2.19. The second-order valence-electron chi connectivity index (χ2n) is 4.24. The minimum Gasteiger partial charge on any atom is -0.326 e. The summed E-state index contributed by atoms with van der Waals surface area (Å²) in [7, 11) is 0.